The van der Waals surface area contributed by atoms with Crippen LogP contribution in [0.2, 0.25) is 0 Å². The van der Waals surface area contributed by atoms with Crippen molar-refractivity contribution < 1.29 is 9.53 Å². The minimum atomic E-state index is -0.135. The van der Waals surface area contributed by atoms with Gasteiger partial charge in [-0.25, -0.2) is 0 Å². The van der Waals surface area contributed by atoms with E-state index in [1.807, 2.05) is 66.9 Å². The maximum atomic E-state index is 12.3. The molecule has 0 bridgehead atoms. The first-order valence-corrected chi connectivity index (χ1v) is 9.37. The standard InChI is InChI=1S/C24H22N2O2/c27-24(17-28-19-11-5-2-6-12-19)26-15-21(18-9-3-1-4-10-18)22-16-25-23-14-8-7-13-20(22)23/h1-14,16,21,25H,15,17H2,(H,26,27)/t21-/m1/s1. The summed E-state index contributed by atoms with van der Waals surface area (Å²) in [6.45, 7) is 0.502. The molecule has 4 aromatic rings. The number of hydrogen-bond donors (Lipinski definition) is 2. The number of hydrogen-bond acceptors (Lipinski definition) is 2. The van der Waals surface area contributed by atoms with Crippen molar-refractivity contribution in [2.24, 2.45) is 0 Å². The molecule has 4 nitrogen and oxygen atoms in total. The Bertz CT molecular complexity index is 1040. The molecule has 2 N–H and O–H groups in total. The van der Waals surface area contributed by atoms with Crippen LogP contribution in [0.15, 0.2) is 91.1 Å². The Morgan fingerprint density at radius 3 is 2.36 bits per heavy atom. The summed E-state index contributed by atoms with van der Waals surface area (Å²) in [7, 11) is 0. The third-order valence-corrected chi connectivity index (χ3v) is 4.82. The highest BCUT2D eigenvalue weighted by Crippen LogP contribution is 2.30. The first kappa shape index (κ1) is 17.9. The van der Waals surface area contributed by atoms with Gasteiger partial charge in [0.1, 0.15) is 5.75 Å². The monoisotopic (exact) mass is 370 g/mol. The van der Waals surface area contributed by atoms with Gasteiger partial charge in [-0.05, 0) is 29.3 Å². The number of fused-ring (bicyclic) bond motifs is 1. The van der Waals surface area contributed by atoms with Crippen molar-refractivity contribution in [1.29, 1.82) is 0 Å². The summed E-state index contributed by atoms with van der Waals surface area (Å²) in [6.07, 6.45) is 2.04. The second-order valence-corrected chi connectivity index (χ2v) is 6.66. The molecule has 0 aliphatic carbocycles. The summed E-state index contributed by atoms with van der Waals surface area (Å²) < 4.78 is 5.55. The average molecular weight is 370 g/mol. The van der Waals surface area contributed by atoms with Gasteiger partial charge >= 0.3 is 0 Å². The topological polar surface area (TPSA) is 54.1 Å². The fraction of sp³-hybridized carbons (Fsp3) is 0.125. The van der Waals surface area contributed by atoms with Gasteiger partial charge in [0.15, 0.2) is 6.61 Å². The number of H-pyrrole nitrogens is 1. The van der Waals surface area contributed by atoms with E-state index in [4.69, 9.17) is 4.74 Å². The molecule has 0 aliphatic rings. The number of amides is 1. The van der Waals surface area contributed by atoms with E-state index < -0.39 is 0 Å². The molecule has 4 heteroatoms. The van der Waals surface area contributed by atoms with Crippen LogP contribution in [0.25, 0.3) is 10.9 Å². The molecule has 1 amide bonds. The quantitative estimate of drug-likeness (QED) is 0.503. The second kappa shape index (κ2) is 8.44. The lowest BCUT2D eigenvalue weighted by molar-refractivity contribution is -0.123. The van der Waals surface area contributed by atoms with Crippen LogP contribution in [0.5, 0.6) is 5.75 Å². The highest BCUT2D eigenvalue weighted by molar-refractivity contribution is 5.84. The van der Waals surface area contributed by atoms with Gasteiger partial charge in [-0.3, -0.25) is 4.79 Å². The highest BCUT2D eigenvalue weighted by Gasteiger charge is 2.19. The third kappa shape index (κ3) is 4.07. The van der Waals surface area contributed by atoms with E-state index in [0.29, 0.717) is 12.3 Å². The molecule has 0 saturated heterocycles. The molecule has 0 radical (unpaired) electrons. The Balaban J connectivity index is 1.49. The van der Waals surface area contributed by atoms with E-state index in [-0.39, 0.29) is 18.4 Å². The predicted octanol–water partition coefficient (Wildman–Crippen LogP) is 4.50. The van der Waals surface area contributed by atoms with Gasteiger partial charge in [0.2, 0.25) is 0 Å². The molecule has 140 valence electrons. The highest BCUT2D eigenvalue weighted by atomic mass is 16.5. The molecule has 1 aromatic heterocycles. The lowest BCUT2D eigenvalue weighted by Gasteiger charge is -2.18. The lowest BCUT2D eigenvalue weighted by atomic mass is 9.91. The third-order valence-electron chi connectivity index (χ3n) is 4.82. The van der Waals surface area contributed by atoms with Crippen molar-refractivity contribution in [2.45, 2.75) is 5.92 Å². The Morgan fingerprint density at radius 1 is 0.893 bits per heavy atom. The normalized spacial score (nSPS) is 11.9. The fourth-order valence-corrected chi connectivity index (χ4v) is 3.41. The van der Waals surface area contributed by atoms with E-state index in [1.165, 1.54) is 10.9 Å². The number of carbonyl (C=O) groups excluding carboxylic acids is 1. The maximum absolute atomic E-state index is 12.3. The van der Waals surface area contributed by atoms with Gasteiger partial charge in [-0.1, -0.05) is 66.7 Å². The fourth-order valence-electron chi connectivity index (χ4n) is 3.41. The number of benzene rings is 3. The number of ether oxygens (including phenoxy) is 1. The second-order valence-electron chi connectivity index (χ2n) is 6.66. The van der Waals surface area contributed by atoms with Gasteiger partial charge in [0.25, 0.3) is 5.91 Å². The number of aromatic nitrogens is 1. The summed E-state index contributed by atoms with van der Waals surface area (Å²) >= 11 is 0. The first-order chi connectivity index (χ1) is 13.8. The molecule has 28 heavy (non-hydrogen) atoms. The van der Waals surface area contributed by atoms with Crippen molar-refractivity contribution in [1.82, 2.24) is 10.3 Å². The van der Waals surface area contributed by atoms with Crippen LogP contribution in [-0.2, 0) is 4.79 Å². The Morgan fingerprint density at radius 2 is 1.57 bits per heavy atom. The zero-order valence-electron chi connectivity index (χ0n) is 15.5. The van der Waals surface area contributed by atoms with Crippen LogP contribution in [0.4, 0.5) is 0 Å². The van der Waals surface area contributed by atoms with Crippen LogP contribution in [0.1, 0.15) is 17.0 Å². The van der Waals surface area contributed by atoms with Crippen LogP contribution in [-0.4, -0.2) is 24.0 Å². The zero-order chi connectivity index (χ0) is 19.2. The number of nitrogens with one attached hydrogen (secondary N) is 2. The summed E-state index contributed by atoms with van der Waals surface area (Å²) in [6, 6.07) is 27.8. The first-order valence-electron chi connectivity index (χ1n) is 9.37. The van der Waals surface area contributed by atoms with Gasteiger partial charge in [0.05, 0.1) is 0 Å². The Hall–Kier alpha value is -3.53. The number of para-hydroxylation sites is 2. The molecule has 0 fully saturated rings. The minimum absolute atomic E-state index is 0.000588. The molecule has 1 atom stereocenters. The van der Waals surface area contributed by atoms with Gasteiger partial charge in [-0.2, -0.15) is 0 Å². The van der Waals surface area contributed by atoms with Crippen molar-refractivity contribution in [3.8, 4) is 5.75 Å². The van der Waals surface area contributed by atoms with E-state index in [2.05, 4.69) is 34.6 Å². The van der Waals surface area contributed by atoms with Gasteiger partial charge < -0.3 is 15.0 Å². The molecule has 3 aromatic carbocycles. The van der Waals surface area contributed by atoms with Crippen molar-refractivity contribution in [3.63, 3.8) is 0 Å². The number of rotatable bonds is 7. The van der Waals surface area contributed by atoms with E-state index in [0.717, 1.165) is 11.1 Å². The smallest absolute Gasteiger partial charge is 0.257 e. The molecule has 0 spiro atoms. The lowest BCUT2D eigenvalue weighted by Crippen LogP contribution is -2.32. The zero-order valence-corrected chi connectivity index (χ0v) is 15.5. The molecule has 0 saturated carbocycles. The predicted molar refractivity (Wildman–Crippen MR) is 112 cm³/mol. The minimum Gasteiger partial charge on any atom is -0.484 e. The van der Waals surface area contributed by atoms with Crippen LogP contribution in [0.3, 0.4) is 0 Å². The van der Waals surface area contributed by atoms with Crippen LogP contribution < -0.4 is 10.1 Å². The van der Waals surface area contributed by atoms with E-state index in [1.54, 1.807) is 0 Å². The van der Waals surface area contributed by atoms with Crippen LogP contribution in [0, 0.1) is 0 Å². The molecular weight excluding hydrogens is 348 g/mol. The number of aromatic amines is 1. The molecule has 0 unspecified atom stereocenters. The largest absolute Gasteiger partial charge is 0.484 e. The summed E-state index contributed by atoms with van der Waals surface area (Å²) in [4.78, 5) is 15.7. The average Bonchev–Trinajstić information content (AvgIpc) is 3.18. The van der Waals surface area contributed by atoms with Crippen molar-refractivity contribution in [2.75, 3.05) is 13.2 Å². The van der Waals surface area contributed by atoms with E-state index in [9.17, 15) is 4.79 Å². The van der Waals surface area contributed by atoms with Crippen molar-refractivity contribution >= 4 is 16.8 Å². The van der Waals surface area contributed by atoms with E-state index >= 15 is 0 Å². The summed E-state index contributed by atoms with van der Waals surface area (Å²) in [5, 5.41) is 4.20. The summed E-state index contributed by atoms with van der Waals surface area (Å²) in [5.41, 5.74) is 3.43. The molecule has 1 heterocycles. The van der Waals surface area contributed by atoms with Gasteiger partial charge in [-0.15, -0.1) is 0 Å². The Labute approximate surface area is 164 Å². The molecule has 4 rings (SSSR count). The van der Waals surface area contributed by atoms with Gasteiger partial charge in [0, 0.05) is 29.6 Å². The summed E-state index contributed by atoms with van der Waals surface area (Å²) in [5.74, 6) is 0.608. The number of carbonyl (C=O) groups is 1. The SMILES string of the molecule is O=C(COc1ccccc1)NC[C@H](c1ccccc1)c1c[nH]c2ccccc12. The Kier molecular flexibility index (Phi) is 5.38. The maximum Gasteiger partial charge on any atom is 0.257 e. The molecular formula is C24H22N2O2. The molecule has 0 aliphatic heterocycles. The van der Waals surface area contributed by atoms with Crippen molar-refractivity contribution in [3.05, 3.63) is 102 Å². The van der Waals surface area contributed by atoms with Crippen LogP contribution >= 0.6 is 0 Å².